The molecule has 1 aliphatic rings. The van der Waals surface area contributed by atoms with Gasteiger partial charge in [0.1, 0.15) is 5.75 Å². The van der Waals surface area contributed by atoms with Crippen LogP contribution in [0.5, 0.6) is 5.75 Å². The van der Waals surface area contributed by atoms with Gasteiger partial charge in [-0.25, -0.2) is 4.79 Å². The van der Waals surface area contributed by atoms with Crippen LogP contribution in [-0.4, -0.2) is 24.6 Å². The number of hydrogen-bond donors (Lipinski definition) is 2. The van der Waals surface area contributed by atoms with E-state index in [1.54, 1.807) is 31.2 Å². The number of rotatable bonds is 8. The molecule has 0 radical (unpaired) electrons. The van der Waals surface area contributed by atoms with Gasteiger partial charge in [0.25, 0.3) is 5.91 Å². The molecule has 0 bridgehead atoms. The predicted molar refractivity (Wildman–Crippen MR) is 117 cm³/mol. The van der Waals surface area contributed by atoms with Gasteiger partial charge in [0.15, 0.2) is 0 Å². The van der Waals surface area contributed by atoms with Gasteiger partial charge in [-0.3, -0.25) is 9.59 Å². The second-order valence-corrected chi connectivity index (χ2v) is 7.34. The van der Waals surface area contributed by atoms with E-state index in [-0.39, 0.29) is 18.4 Å². The summed E-state index contributed by atoms with van der Waals surface area (Å²) >= 11 is 0. The minimum Gasteiger partial charge on any atom is -0.434 e. The van der Waals surface area contributed by atoms with Crippen LogP contribution in [0.2, 0.25) is 0 Å². The molecule has 1 fully saturated rings. The Morgan fingerprint density at radius 1 is 1.10 bits per heavy atom. The Labute approximate surface area is 181 Å². The van der Waals surface area contributed by atoms with Crippen LogP contribution in [0.25, 0.3) is 0 Å². The molecule has 3 rings (SSSR count). The van der Waals surface area contributed by atoms with Crippen molar-refractivity contribution in [2.75, 3.05) is 11.9 Å². The maximum Gasteiger partial charge on any atom is 0.513 e. The quantitative estimate of drug-likeness (QED) is 0.372. The Bertz CT molecular complexity index is 978. The molecule has 1 aliphatic carbocycles. The van der Waals surface area contributed by atoms with Crippen molar-refractivity contribution in [1.82, 2.24) is 5.32 Å². The van der Waals surface area contributed by atoms with E-state index in [4.69, 9.17) is 9.47 Å². The van der Waals surface area contributed by atoms with Gasteiger partial charge in [-0.2, -0.15) is 0 Å². The van der Waals surface area contributed by atoms with E-state index in [1.807, 2.05) is 25.1 Å². The van der Waals surface area contributed by atoms with Crippen LogP contribution in [0.4, 0.5) is 10.5 Å². The van der Waals surface area contributed by atoms with E-state index >= 15 is 0 Å². The second-order valence-electron chi connectivity index (χ2n) is 7.34. The van der Waals surface area contributed by atoms with Crippen molar-refractivity contribution >= 4 is 23.7 Å². The average Bonchev–Trinajstić information content (AvgIpc) is 3.59. The molecule has 0 atom stereocenters. The molecule has 0 heterocycles. The summed E-state index contributed by atoms with van der Waals surface area (Å²) < 4.78 is 9.69. The number of hydrogen-bond acceptors (Lipinski definition) is 5. The minimum absolute atomic E-state index is 0.107. The lowest BCUT2D eigenvalue weighted by Crippen LogP contribution is -2.21. The zero-order valence-corrected chi connectivity index (χ0v) is 17.6. The van der Waals surface area contributed by atoms with E-state index in [0.29, 0.717) is 29.5 Å². The highest BCUT2D eigenvalue weighted by Crippen LogP contribution is 2.35. The largest absolute Gasteiger partial charge is 0.513 e. The number of ether oxygens (including phenoxy) is 2. The smallest absolute Gasteiger partial charge is 0.434 e. The van der Waals surface area contributed by atoms with Crippen molar-refractivity contribution in [3.05, 3.63) is 71.3 Å². The summed E-state index contributed by atoms with van der Waals surface area (Å²) in [5, 5.41) is 5.70. The van der Waals surface area contributed by atoms with Crippen molar-refractivity contribution < 1.29 is 23.9 Å². The molecule has 2 N–H and O–H groups in total. The third kappa shape index (κ3) is 6.99. The summed E-state index contributed by atoms with van der Waals surface area (Å²) in [6.07, 6.45) is 3.21. The first-order valence-electron chi connectivity index (χ1n) is 10.3. The molecule has 7 nitrogen and oxygen atoms in total. The maximum atomic E-state index is 12.5. The fourth-order valence-corrected chi connectivity index (χ4v) is 2.98. The Balaban J connectivity index is 1.53. The number of nitrogens with one attached hydrogen (secondary N) is 2. The van der Waals surface area contributed by atoms with Gasteiger partial charge in [-0.1, -0.05) is 17.7 Å². The molecule has 2 aromatic carbocycles. The highest BCUT2D eigenvalue weighted by atomic mass is 16.7. The predicted octanol–water partition coefficient (Wildman–Crippen LogP) is 4.45. The summed E-state index contributed by atoms with van der Waals surface area (Å²) in [6.45, 7) is 4.27. The number of allylic oxidation sites excluding steroid dienone is 1. The lowest BCUT2D eigenvalue weighted by atomic mass is 10.1. The van der Waals surface area contributed by atoms with Gasteiger partial charge in [0.2, 0.25) is 5.91 Å². The summed E-state index contributed by atoms with van der Waals surface area (Å²) in [7, 11) is 0. The van der Waals surface area contributed by atoms with Gasteiger partial charge < -0.3 is 20.1 Å². The fraction of sp³-hybridized carbons (Fsp3) is 0.292. The Kier molecular flexibility index (Phi) is 7.43. The van der Waals surface area contributed by atoms with Gasteiger partial charge in [0, 0.05) is 23.9 Å². The van der Waals surface area contributed by atoms with Crippen molar-refractivity contribution in [1.29, 1.82) is 0 Å². The average molecular weight is 422 g/mol. The third-order valence-corrected chi connectivity index (χ3v) is 4.81. The first kappa shape index (κ1) is 22.1. The van der Waals surface area contributed by atoms with Gasteiger partial charge in [0.05, 0.1) is 6.61 Å². The lowest BCUT2D eigenvalue weighted by molar-refractivity contribution is -0.116. The maximum absolute atomic E-state index is 12.5. The van der Waals surface area contributed by atoms with E-state index in [0.717, 1.165) is 11.1 Å². The fourth-order valence-electron chi connectivity index (χ4n) is 2.98. The van der Waals surface area contributed by atoms with Crippen LogP contribution < -0.4 is 15.4 Å². The zero-order chi connectivity index (χ0) is 22.2. The molecule has 0 spiro atoms. The first-order chi connectivity index (χ1) is 14.9. The van der Waals surface area contributed by atoms with E-state index in [1.165, 1.54) is 25.0 Å². The number of carbonyl (C=O) groups excluding carboxylic acids is 3. The van der Waals surface area contributed by atoms with Crippen LogP contribution in [0.15, 0.2) is 60.2 Å². The Morgan fingerprint density at radius 3 is 2.52 bits per heavy atom. The molecule has 0 aromatic heterocycles. The van der Waals surface area contributed by atoms with Crippen molar-refractivity contribution in [3.8, 4) is 5.75 Å². The standard InChI is InChI=1S/C24H26N2O5/c1-3-30-24(29)31-21-11-9-19(10-12-21)23(28)26-20-6-4-5-17(14-20)15-25-22(27)13-16(2)18-7-8-18/h4-6,9-14,18H,3,7-8,15H2,1-2H3,(H,25,27)(H,26,28)/b16-13+. The van der Waals surface area contributed by atoms with Crippen LogP contribution in [0.1, 0.15) is 42.6 Å². The molecule has 2 aromatic rings. The molecule has 0 aliphatic heterocycles. The zero-order valence-electron chi connectivity index (χ0n) is 17.6. The Morgan fingerprint density at radius 2 is 1.84 bits per heavy atom. The van der Waals surface area contributed by atoms with Crippen molar-refractivity contribution in [3.63, 3.8) is 0 Å². The molecule has 2 amide bonds. The molecule has 0 unspecified atom stereocenters. The van der Waals surface area contributed by atoms with Crippen LogP contribution in [0.3, 0.4) is 0 Å². The molecule has 1 saturated carbocycles. The van der Waals surface area contributed by atoms with E-state index < -0.39 is 6.16 Å². The Hall–Kier alpha value is -3.61. The molecule has 31 heavy (non-hydrogen) atoms. The summed E-state index contributed by atoms with van der Waals surface area (Å²) in [4.78, 5) is 35.9. The van der Waals surface area contributed by atoms with Gasteiger partial charge in [-0.05, 0) is 74.6 Å². The molecule has 0 saturated heterocycles. The van der Waals surface area contributed by atoms with Crippen LogP contribution >= 0.6 is 0 Å². The monoisotopic (exact) mass is 422 g/mol. The van der Waals surface area contributed by atoms with E-state index in [9.17, 15) is 14.4 Å². The summed E-state index contributed by atoms with van der Waals surface area (Å²) in [5.74, 6) is 0.449. The SMILES string of the molecule is CCOC(=O)Oc1ccc(C(=O)Nc2cccc(CNC(=O)/C=C(\C)C3CC3)c2)cc1. The lowest BCUT2D eigenvalue weighted by Gasteiger charge is -2.09. The van der Waals surface area contributed by atoms with Crippen LogP contribution in [0, 0.1) is 5.92 Å². The van der Waals surface area contributed by atoms with Gasteiger partial charge >= 0.3 is 6.16 Å². The first-order valence-corrected chi connectivity index (χ1v) is 10.3. The number of benzene rings is 2. The number of amides is 2. The number of carbonyl (C=O) groups is 3. The van der Waals surface area contributed by atoms with E-state index in [2.05, 4.69) is 10.6 Å². The second kappa shape index (κ2) is 10.4. The minimum atomic E-state index is -0.790. The highest BCUT2D eigenvalue weighted by molar-refractivity contribution is 6.04. The normalized spacial score (nSPS) is 13.3. The molecule has 162 valence electrons. The third-order valence-electron chi connectivity index (χ3n) is 4.81. The van der Waals surface area contributed by atoms with Crippen LogP contribution in [-0.2, 0) is 16.1 Å². The molecular weight excluding hydrogens is 396 g/mol. The highest BCUT2D eigenvalue weighted by Gasteiger charge is 2.23. The van der Waals surface area contributed by atoms with Crippen molar-refractivity contribution in [2.45, 2.75) is 33.2 Å². The summed E-state index contributed by atoms with van der Waals surface area (Å²) in [5.41, 5.74) is 3.03. The van der Waals surface area contributed by atoms with Gasteiger partial charge in [-0.15, -0.1) is 0 Å². The molecular formula is C24H26N2O5. The number of anilines is 1. The molecule has 7 heteroatoms. The topological polar surface area (TPSA) is 93.7 Å². The summed E-state index contributed by atoms with van der Waals surface area (Å²) in [6, 6.07) is 13.5. The van der Waals surface area contributed by atoms with Crippen molar-refractivity contribution in [2.24, 2.45) is 5.92 Å².